The van der Waals surface area contributed by atoms with Crippen molar-refractivity contribution >= 4 is 33.0 Å². The SMILES string of the molecule is CNc1ccc(Br)cc1Nc1ccc(OC)cc1. The molecule has 4 heteroatoms. The number of hydrogen-bond donors (Lipinski definition) is 2. The molecule has 0 aromatic heterocycles. The number of nitrogens with one attached hydrogen (secondary N) is 2. The van der Waals surface area contributed by atoms with Gasteiger partial charge in [-0.2, -0.15) is 0 Å². The summed E-state index contributed by atoms with van der Waals surface area (Å²) in [4.78, 5) is 0. The minimum Gasteiger partial charge on any atom is -0.497 e. The molecule has 94 valence electrons. The van der Waals surface area contributed by atoms with Crippen LogP contribution >= 0.6 is 15.9 Å². The molecule has 0 saturated carbocycles. The van der Waals surface area contributed by atoms with E-state index in [1.807, 2.05) is 49.5 Å². The lowest BCUT2D eigenvalue weighted by Crippen LogP contribution is -1.97. The number of ether oxygens (including phenoxy) is 1. The summed E-state index contributed by atoms with van der Waals surface area (Å²) in [5, 5.41) is 6.53. The maximum Gasteiger partial charge on any atom is 0.119 e. The van der Waals surface area contributed by atoms with Gasteiger partial charge in [0, 0.05) is 17.2 Å². The second-order valence-corrected chi connectivity index (χ2v) is 4.71. The summed E-state index contributed by atoms with van der Waals surface area (Å²) in [6, 6.07) is 13.9. The molecule has 2 N–H and O–H groups in total. The number of hydrogen-bond acceptors (Lipinski definition) is 3. The molecule has 0 aliphatic rings. The van der Waals surface area contributed by atoms with Crippen molar-refractivity contribution in [2.24, 2.45) is 0 Å². The minimum absolute atomic E-state index is 0.851. The molecule has 0 heterocycles. The molecular weight excluding hydrogens is 292 g/mol. The number of methoxy groups -OCH3 is 1. The van der Waals surface area contributed by atoms with Crippen LogP contribution in [-0.2, 0) is 0 Å². The fourth-order valence-electron chi connectivity index (χ4n) is 1.67. The summed E-state index contributed by atoms with van der Waals surface area (Å²) in [5.41, 5.74) is 3.09. The van der Waals surface area contributed by atoms with Crippen molar-refractivity contribution in [1.82, 2.24) is 0 Å². The molecule has 0 fully saturated rings. The van der Waals surface area contributed by atoms with Crippen LogP contribution in [-0.4, -0.2) is 14.2 Å². The highest BCUT2D eigenvalue weighted by Crippen LogP contribution is 2.29. The molecule has 18 heavy (non-hydrogen) atoms. The zero-order chi connectivity index (χ0) is 13.0. The first-order valence-electron chi connectivity index (χ1n) is 5.61. The van der Waals surface area contributed by atoms with Gasteiger partial charge in [-0.25, -0.2) is 0 Å². The molecule has 2 aromatic rings. The fourth-order valence-corrected chi connectivity index (χ4v) is 2.03. The predicted octanol–water partition coefficient (Wildman–Crippen LogP) is 4.24. The van der Waals surface area contributed by atoms with Gasteiger partial charge in [0.25, 0.3) is 0 Å². The van der Waals surface area contributed by atoms with Crippen LogP contribution in [0, 0.1) is 0 Å². The summed E-state index contributed by atoms with van der Waals surface area (Å²) in [6.07, 6.45) is 0. The predicted molar refractivity (Wildman–Crippen MR) is 80.0 cm³/mol. The molecule has 0 saturated heterocycles. The van der Waals surface area contributed by atoms with Crippen molar-refractivity contribution in [3.8, 4) is 5.75 Å². The summed E-state index contributed by atoms with van der Waals surface area (Å²) in [7, 11) is 3.57. The lowest BCUT2D eigenvalue weighted by atomic mass is 10.2. The zero-order valence-electron chi connectivity index (χ0n) is 10.3. The van der Waals surface area contributed by atoms with Crippen molar-refractivity contribution in [3.05, 3.63) is 46.9 Å². The van der Waals surface area contributed by atoms with Gasteiger partial charge in [-0.3, -0.25) is 0 Å². The quantitative estimate of drug-likeness (QED) is 0.886. The smallest absolute Gasteiger partial charge is 0.119 e. The van der Waals surface area contributed by atoms with Crippen LogP contribution in [0.25, 0.3) is 0 Å². The topological polar surface area (TPSA) is 33.3 Å². The first-order chi connectivity index (χ1) is 8.72. The molecule has 3 nitrogen and oxygen atoms in total. The Labute approximate surface area is 115 Å². The summed E-state index contributed by atoms with van der Waals surface area (Å²) in [6.45, 7) is 0. The molecule has 0 aliphatic heterocycles. The van der Waals surface area contributed by atoms with E-state index >= 15 is 0 Å². The second kappa shape index (κ2) is 5.78. The van der Waals surface area contributed by atoms with Crippen molar-refractivity contribution in [3.63, 3.8) is 0 Å². The van der Waals surface area contributed by atoms with Crippen LogP contribution in [0.2, 0.25) is 0 Å². The maximum atomic E-state index is 5.14. The number of halogens is 1. The number of benzene rings is 2. The molecule has 0 bridgehead atoms. The van der Waals surface area contributed by atoms with E-state index in [1.165, 1.54) is 0 Å². The van der Waals surface area contributed by atoms with E-state index in [0.29, 0.717) is 0 Å². The van der Waals surface area contributed by atoms with Crippen LogP contribution in [0.3, 0.4) is 0 Å². The first kappa shape index (κ1) is 12.8. The average molecular weight is 307 g/mol. The highest BCUT2D eigenvalue weighted by Gasteiger charge is 2.02. The molecule has 0 radical (unpaired) electrons. The van der Waals surface area contributed by atoms with Crippen LogP contribution in [0.15, 0.2) is 46.9 Å². The van der Waals surface area contributed by atoms with Crippen LogP contribution in [0.1, 0.15) is 0 Å². The Bertz CT molecular complexity index is 526. The van der Waals surface area contributed by atoms with E-state index in [9.17, 15) is 0 Å². The average Bonchev–Trinajstić information content (AvgIpc) is 2.40. The van der Waals surface area contributed by atoms with Crippen LogP contribution in [0.4, 0.5) is 17.1 Å². The van der Waals surface area contributed by atoms with Gasteiger partial charge in [0.2, 0.25) is 0 Å². The highest BCUT2D eigenvalue weighted by molar-refractivity contribution is 9.10. The normalized spacial score (nSPS) is 9.94. The van der Waals surface area contributed by atoms with Gasteiger partial charge >= 0.3 is 0 Å². The van der Waals surface area contributed by atoms with Gasteiger partial charge in [-0.05, 0) is 42.5 Å². The van der Waals surface area contributed by atoms with E-state index in [-0.39, 0.29) is 0 Å². The van der Waals surface area contributed by atoms with Gasteiger partial charge in [0.1, 0.15) is 5.75 Å². The molecule has 0 amide bonds. The third kappa shape index (κ3) is 2.96. The third-order valence-electron chi connectivity index (χ3n) is 2.62. The van der Waals surface area contributed by atoms with E-state index in [1.54, 1.807) is 7.11 Å². The minimum atomic E-state index is 0.851. The second-order valence-electron chi connectivity index (χ2n) is 3.79. The molecule has 2 rings (SSSR count). The maximum absolute atomic E-state index is 5.14. The first-order valence-corrected chi connectivity index (χ1v) is 6.40. The zero-order valence-corrected chi connectivity index (χ0v) is 11.9. The number of rotatable bonds is 4. The summed E-state index contributed by atoms with van der Waals surface area (Å²) < 4.78 is 6.18. The monoisotopic (exact) mass is 306 g/mol. The van der Waals surface area contributed by atoms with Gasteiger partial charge in [-0.15, -0.1) is 0 Å². The van der Waals surface area contributed by atoms with Gasteiger partial charge in [-0.1, -0.05) is 15.9 Å². The Morgan fingerprint density at radius 1 is 1.00 bits per heavy atom. The Kier molecular flexibility index (Phi) is 4.10. The molecular formula is C14H15BrN2O. The van der Waals surface area contributed by atoms with E-state index in [2.05, 4.69) is 26.6 Å². The van der Waals surface area contributed by atoms with Crippen LogP contribution < -0.4 is 15.4 Å². The van der Waals surface area contributed by atoms with Crippen molar-refractivity contribution < 1.29 is 4.74 Å². The summed E-state index contributed by atoms with van der Waals surface area (Å²) in [5.74, 6) is 0.851. The fraction of sp³-hybridized carbons (Fsp3) is 0.143. The van der Waals surface area contributed by atoms with Gasteiger partial charge in [0.05, 0.1) is 18.5 Å². The molecule has 0 aliphatic carbocycles. The molecule has 0 spiro atoms. The number of anilines is 3. The molecule has 0 unspecified atom stereocenters. The lowest BCUT2D eigenvalue weighted by molar-refractivity contribution is 0.415. The van der Waals surface area contributed by atoms with Crippen LogP contribution in [0.5, 0.6) is 5.75 Å². The Balaban J connectivity index is 2.24. The standard InChI is InChI=1S/C14H15BrN2O/c1-16-13-8-3-10(15)9-14(13)17-11-4-6-12(18-2)7-5-11/h3-9,16-17H,1-2H3. The molecule has 2 aromatic carbocycles. The Morgan fingerprint density at radius 2 is 1.72 bits per heavy atom. The third-order valence-corrected chi connectivity index (χ3v) is 3.11. The van der Waals surface area contributed by atoms with Crippen molar-refractivity contribution in [2.75, 3.05) is 24.8 Å². The van der Waals surface area contributed by atoms with Crippen molar-refractivity contribution in [1.29, 1.82) is 0 Å². The summed E-state index contributed by atoms with van der Waals surface area (Å²) >= 11 is 3.47. The van der Waals surface area contributed by atoms with E-state index < -0.39 is 0 Å². The van der Waals surface area contributed by atoms with Gasteiger partial charge in [0.15, 0.2) is 0 Å². The molecule has 0 atom stereocenters. The lowest BCUT2D eigenvalue weighted by Gasteiger charge is -2.12. The van der Waals surface area contributed by atoms with E-state index in [4.69, 9.17) is 4.74 Å². The van der Waals surface area contributed by atoms with Crippen molar-refractivity contribution in [2.45, 2.75) is 0 Å². The largest absolute Gasteiger partial charge is 0.497 e. The van der Waals surface area contributed by atoms with E-state index in [0.717, 1.165) is 27.3 Å². The van der Waals surface area contributed by atoms with Gasteiger partial charge < -0.3 is 15.4 Å². The highest BCUT2D eigenvalue weighted by atomic mass is 79.9. The Morgan fingerprint density at radius 3 is 2.33 bits per heavy atom. The Hall–Kier alpha value is -1.68.